The van der Waals surface area contributed by atoms with Crippen LogP contribution in [0, 0.1) is 13.7 Å². The Bertz CT molecular complexity index is 1130. The summed E-state index contributed by atoms with van der Waals surface area (Å²) in [5.74, 6) is -0.938. The van der Waals surface area contributed by atoms with E-state index in [0.29, 0.717) is 11.1 Å². The Hall–Kier alpha value is -3.60. The van der Waals surface area contributed by atoms with E-state index in [1.54, 1.807) is 30.3 Å². The Kier molecular flexibility index (Phi) is 6.86. The molecule has 0 fully saturated rings. The zero-order valence-corrected chi connectivity index (χ0v) is 17.5. The fourth-order valence-electron chi connectivity index (χ4n) is 2.45. The minimum absolute atomic E-state index is 0.133. The number of carbonyl (C=O) groups is 2. The van der Waals surface area contributed by atoms with Gasteiger partial charge in [-0.15, -0.1) is 0 Å². The van der Waals surface area contributed by atoms with E-state index in [9.17, 15) is 19.7 Å². The molecule has 0 atom stereocenters. The third kappa shape index (κ3) is 5.47. The number of nitro groups is 1. The van der Waals surface area contributed by atoms with Gasteiger partial charge in [0.25, 0.3) is 11.6 Å². The second kappa shape index (κ2) is 9.74. The molecule has 8 nitrogen and oxygen atoms in total. The maximum atomic E-state index is 12.2. The number of nitro benzene ring substituents is 1. The van der Waals surface area contributed by atoms with Gasteiger partial charge in [0.05, 0.1) is 11.1 Å². The predicted octanol–water partition coefficient (Wildman–Crippen LogP) is 4.18. The molecular weight excluding hydrogens is 501 g/mol. The van der Waals surface area contributed by atoms with Crippen molar-refractivity contribution < 1.29 is 19.2 Å². The van der Waals surface area contributed by atoms with Gasteiger partial charge in [0.1, 0.15) is 11.3 Å². The Labute approximate surface area is 184 Å². The molecule has 0 saturated heterocycles. The number of nitrogens with one attached hydrogen (secondary N) is 1. The van der Waals surface area contributed by atoms with Gasteiger partial charge in [-0.3, -0.25) is 14.9 Å². The Morgan fingerprint density at radius 2 is 1.77 bits per heavy atom. The van der Waals surface area contributed by atoms with E-state index in [2.05, 4.69) is 33.1 Å². The lowest BCUT2D eigenvalue weighted by Crippen LogP contribution is -2.17. The van der Waals surface area contributed by atoms with Crippen molar-refractivity contribution in [2.45, 2.75) is 0 Å². The number of hydrogen-bond donors (Lipinski definition) is 1. The molecule has 3 aromatic rings. The summed E-state index contributed by atoms with van der Waals surface area (Å²) in [4.78, 5) is 34.7. The van der Waals surface area contributed by atoms with Gasteiger partial charge in [-0.05, 0) is 76.7 Å². The van der Waals surface area contributed by atoms with Crippen molar-refractivity contribution in [1.82, 2.24) is 5.43 Å². The smallest absolute Gasteiger partial charge is 0.350 e. The van der Waals surface area contributed by atoms with Crippen molar-refractivity contribution in [2.24, 2.45) is 5.10 Å². The highest BCUT2D eigenvalue weighted by Gasteiger charge is 2.20. The van der Waals surface area contributed by atoms with Gasteiger partial charge in [-0.1, -0.05) is 18.2 Å². The molecule has 0 bridgehead atoms. The third-order valence-corrected chi connectivity index (χ3v) is 4.55. The van der Waals surface area contributed by atoms with Gasteiger partial charge in [0, 0.05) is 15.2 Å². The molecule has 0 radical (unpaired) electrons. The standard InChI is InChI=1S/C21H14IN3O5/c22-16-5-3-4-15(12-16)20(26)24-23-13-14-8-10-17(11-9-14)30-21(27)18-6-1-2-7-19(18)25(28)29/h1-13H,(H,24,26)/b23-13-. The molecule has 0 aromatic heterocycles. The highest BCUT2D eigenvalue weighted by molar-refractivity contribution is 14.1. The molecule has 9 heteroatoms. The maximum Gasteiger partial charge on any atom is 0.350 e. The van der Waals surface area contributed by atoms with Crippen molar-refractivity contribution in [2.75, 3.05) is 0 Å². The fourth-order valence-corrected chi connectivity index (χ4v) is 2.99. The molecule has 0 spiro atoms. The van der Waals surface area contributed by atoms with E-state index < -0.39 is 10.9 Å². The van der Waals surface area contributed by atoms with Crippen LogP contribution < -0.4 is 10.2 Å². The number of rotatable bonds is 6. The largest absolute Gasteiger partial charge is 0.423 e. The second-order valence-corrected chi connectivity index (χ2v) is 7.19. The molecule has 0 aliphatic heterocycles. The number of ether oxygens (including phenoxy) is 1. The average molecular weight is 515 g/mol. The fraction of sp³-hybridized carbons (Fsp3) is 0. The van der Waals surface area contributed by atoms with Gasteiger partial charge in [0.15, 0.2) is 0 Å². The van der Waals surface area contributed by atoms with Gasteiger partial charge in [-0.25, -0.2) is 10.2 Å². The molecule has 0 unspecified atom stereocenters. The van der Waals surface area contributed by atoms with Crippen LogP contribution in [-0.2, 0) is 0 Å². The minimum Gasteiger partial charge on any atom is -0.423 e. The van der Waals surface area contributed by atoms with Crippen LogP contribution in [0.25, 0.3) is 0 Å². The van der Waals surface area contributed by atoms with E-state index in [-0.39, 0.29) is 22.9 Å². The Morgan fingerprint density at radius 1 is 1.03 bits per heavy atom. The first kappa shape index (κ1) is 21.1. The van der Waals surface area contributed by atoms with Crippen LogP contribution in [0.2, 0.25) is 0 Å². The average Bonchev–Trinajstić information content (AvgIpc) is 2.74. The quantitative estimate of drug-likeness (QED) is 0.132. The van der Waals surface area contributed by atoms with Crippen molar-refractivity contribution in [1.29, 1.82) is 0 Å². The summed E-state index contributed by atoms with van der Waals surface area (Å²) in [5, 5.41) is 14.9. The number of hydrazone groups is 1. The summed E-state index contributed by atoms with van der Waals surface area (Å²) in [7, 11) is 0. The molecule has 0 heterocycles. The van der Waals surface area contributed by atoms with Crippen molar-refractivity contribution >= 4 is 46.4 Å². The number of benzene rings is 3. The molecular formula is C21H14IN3O5. The SMILES string of the molecule is O=C(N/N=C\c1ccc(OC(=O)c2ccccc2[N+](=O)[O-])cc1)c1cccc(I)c1. The molecule has 0 aliphatic carbocycles. The Morgan fingerprint density at radius 3 is 2.47 bits per heavy atom. The normalized spacial score (nSPS) is 10.6. The molecule has 150 valence electrons. The number of amides is 1. The van der Waals surface area contributed by atoms with Gasteiger partial charge in [0.2, 0.25) is 0 Å². The molecule has 0 aliphatic rings. The van der Waals surface area contributed by atoms with Crippen molar-refractivity contribution in [3.8, 4) is 5.75 Å². The summed E-state index contributed by atoms with van der Waals surface area (Å²) >= 11 is 2.12. The van der Waals surface area contributed by atoms with Crippen LogP contribution in [0.5, 0.6) is 5.75 Å². The van der Waals surface area contributed by atoms with E-state index in [1.165, 1.54) is 42.6 Å². The predicted molar refractivity (Wildman–Crippen MR) is 119 cm³/mol. The Balaban J connectivity index is 1.61. The van der Waals surface area contributed by atoms with Crippen LogP contribution in [0.15, 0.2) is 77.9 Å². The molecule has 0 saturated carbocycles. The summed E-state index contributed by atoms with van der Waals surface area (Å²) in [5.41, 5.74) is 3.13. The lowest BCUT2D eigenvalue weighted by atomic mass is 10.2. The van der Waals surface area contributed by atoms with E-state index in [1.807, 2.05) is 6.07 Å². The monoisotopic (exact) mass is 515 g/mol. The zero-order valence-electron chi connectivity index (χ0n) is 15.3. The van der Waals surface area contributed by atoms with E-state index >= 15 is 0 Å². The zero-order chi connectivity index (χ0) is 21.5. The van der Waals surface area contributed by atoms with E-state index in [4.69, 9.17) is 4.74 Å². The lowest BCUT2D eigenvalue weighted by molar-refractivity contribution is -0.385. The lowest BCUT2D eigenvalue weighted by Gasteiger charge is -2.05. The molecule has 3 rings (SSSR count). The molecule has 1 N–H and O–H groups in total. The van der Waals surface area contributed by atoms with Crippen LogP contribution in [-0.4, -0.2) is 23.0 Å². The van der Waals surface area contributed by atoms with Gasteiger partial charge < -0.3 is 4.74 Å². The first-order valence-corrected chi connectivity index (χ1v) is 9.66. The third-order valence-electron chi connectivity index (χ3n) is 3.88. The van der Waals surface area contributed by atoms with Crippen LogP contribution in [0.1, 0.15) is 26.3 Å². The maximum absolute atomic E-state index is 12.2. The summed E-state index contributed by atoms with van der Waals surface area (Å²) in [6.07, 6.45) is 1.44. The van der Waals surface area contributed by atoms with Gasteiger partial charge in [-0.2, -0.15) is 5.10 Å². The first-order valence-electron chi connectivity index (χ1n) is 8.58. The summed E-state index contributed by atoms with van der Waals surface area (Å²) < 4.78 is 6.14. The van der Waals surface area contributed by atoms with Crippen molar-refractivity contribution in [3.05, 3.63) is 103 Å². The van der Waals surface area contributed by atoms with E-state index in [0.717, 1.165) is 3.57 Å². The highest BCUT2D eigenvalue weighted by Crippen LogP contribution is 2.20. The minimum atomic E-state index is -0.825. The molecule has 30 heavy (non-hydrogen) atoms. The summed E-state index contributed by atoms with van der Waals surface area (Å²) in [6.45, 7) is 0. The number of esters is 1. The van der Waals surface area contributed by atoms with Crippen molar-refractivity contribution in [3.63, 3.8) is 0 Å². The van der Waals surface area contributed by atoms with Crippen LogP contribution in [0.4, 0.5) is 5.69 Å². The number of nitrogens with zero attached hydrogens (tertiary/aromatic N) is 2. The van der Waals surface area contributed by atoms with Gasteiger partial charge >= 0.3 is 5.97 Å². The summed E-state index contributed by atoms with van der Waals surface area (Å²) in [6, 6.07) is 19.0. The number of hydrogen-bond acceptors (Lipinski definition) is 6. The van der Waals surface area contributed by atoms with Crippen LogP contribution >= 0.6 is 22.6 Å². The molecule has 1 amide bonds. The second-order valence-electron chi connectivity index (χ2n) is 5.94. The van der Waals surface area contributed by atoms with Crippen LogP contribution in [0.3, 0.4) is 0 Å². The topological polar surface area (TPSA) is 111 Å². The first-order chi connectivity index (χ1) is 14.4. The number of halogens is 1. The highest BCUT2D eigenvalue weighted by atomic mass is 127. The number of para-hydroxylation sites is 1. The number of carbonyl (C=O) groups excluding carboxylic acids is 2. The molecule has 3 aromatic carbocycles.